The van der Waals surface area contributed by atoms with E-state index < -0.39 is 22.8 Å². The number of nitrogens with zero attached hydrogens (tertiary/aromatic N) is 2. The number of aliphatic carboxylic acids is 2. The number of pyridine rings is 2. The van der Waals surface area contributed by atoms with Crippen molar-refractivity contribution in [3.05, 3.63) is 60.2 Å². The summed E-state index contributed by atoms with van der Waals surface area (Å²) in [7, 11) is 2.00. The number of rotatable bonds is 6. The number of carboxylic acid groups (broad SMARTS) is 2. The molecular weight excluding hydrogens is 555 g/mol. The molecule has 2 aromatic heterocycles. The Bertz CT molecular complexity index is 850. The molecule has 0 atom stereocenters. The van der Waals surface area contributed by atoms with Crippen LogP contribution in [0.1, 0.15) is 56.1 Å². The Labute approximate surface area is 239 Å². The van der Waals surface area contributed by atoms with Gasteiger partial charge in [0.1, 0.15) is 0 Å². The van der Waals surface area contributed by atoms with E-state index in [1.54, 1.807) is 0 Å². The Morgan fingerprint density at radius 3 is 1.31 bits per heavy atom. The number of carboxylic acids is 2. The molecule has 6 rings (SSSR count). The van der Waals surface area contributed by atoms with Gasteiger partial charge in [-0.25, -0.2) is 0 Å². The first kappa shape index (κ1) is 41.0. The average molecular weight is 600 g/mol. The predicted molar refractivity (Wildman–Crippen MR) is 142 cm³/mol. The van der Waals surface area contributed by atoms with Crippen molar-refractivity contribution < 1.29 is 63.2 Å². The molecule has 39 heavy (non-hydrogen) atoms. The summed E-state index contributed by atoms with van der Waals surface area (Å²) in [5.74, 6) is -0.888. The molecule has 0 aromatic carbocycles. The zero-order chi connectivity index (χ0) is 25.9. The minimum atomic E-state index is -0.771. The molecule has 4 aliphatic rings. The number of aliphatic hydroxyl groups is 2. The molecule has 4 fully saturated rings. The summed E-state index contributed by atoms with van der Waals surface area (Å²) in [6, 6.07) is 8.30. The summed E-state index contributed by atoms with van der Waals surface area (Å²) in [5.41, 5.74) is 1.28. The number of aryl methyl sites for hydroxylation is 2. The number of hydrogen-bond acceptors (Lipinski definition) is 6. The maximum absolute atomic E-state index is 11.4. The first-order valence-electron chi connectivity index (χ1n) is 12.0. The smallest absolute Gasteiger partial charge is 0.309 e. The van der Waals surface area contributed by atoms with E-state index >= 15 is 0 Å². The molecule has 2 heterocycles. The molecule has 0 spiro atoms. The van der Waals surface area contributed by atoms with Crippen LogP contribution in [0.25, 0.3) is 0 Å². The van der Waals surface area contributed by atoms with E-state index in [2.05, 4.69) is 34.2 Å². The van der Waals surface area contributed by atoms with E-state index in [1.807, 2.05) is 24.8 Å². The number of aliphatic hydroxyl groups excluding tert-OH is 2. The first-order valence-corrected chi connectivity index (χ1v) is 12.0. The Hall–Kier alpha value is -2.45. The largest absolute Gasteiger partial charge is 0.481 e. The van der Waals surface area contributed by atoms with Gasteiger partial charge in [0.05, 0.1) is 10.8 Å². The van der Waals surface area contributed by atoms with Crippen LogP contribution in [0.4, 0.5) is 0 Å². The predicted octanol–water partition coefficient (Wildman–Crippen LogP) is 1.13. The Balaban J connectivity index is -0.000000541. The minimum Gasteiger partial charge on any atom is -0.481 e. The quantitative estimate of drug-likeness (QED) is 0.375. The Morgan fingerprint density at radius 1 is 0.718 bits per heavy atom. The van der Waals surface area contributed by atoms with Crippen LogP contribution < -0.4 is 0 Å². The molecule has 225 valence electrons. The Morgan fingerprint density at radius 2 is 1.03 bits per heavy atom. The van der Waals surface area contributed by atoms with Crippen molar-refractivity contribution in [2.75, 3.05) is 14.2 Å². The SMILES string of the molecule is CO.CO.O.O.O.O=C(O)C12CC3CC(C1)CC(C(=O)O)(C3)C2.[Co].c1cc(CCCc2ccncc2)ccn1. The topological polar surface area (TPSA) is 235 Å². The second-order valence-electron chi connectivity index (χ2n) is 9.70. The molecular formula is C27H44CoN2O9. The summed E-state index contributed by atoms with van der Waals surface area (Å²) in [5, 5.41) is 32.8. The molecule has 1 radical (unpaired) electrons. The molecule has 4 aliphatic carbocycles. The van der Waals surface area contributed by atoms with Crippen molar-refractivity contribution in [1.29, 1.82) is 0 Å². The molecule has 11 nitrogen and oxygen atoms in total. The third kappa shape index (κ3) is 10.6. The van der Waals surface area contributed by atoms with E-state index in [9.17, 15) is 19.8 Å². The third-order valence-corrected chi connectivity index (χ3v) is 7.40. The van der Waals surface area contributed by atoms with Crippen molar-refractivity contribution >= 4 is 11.9 Å². The van der Waals surface area contributed by atoms with Gasteiger partial charge >= 0.3 is 11.9 Å². The van der Waals surface area contributed by atoms with Gasteiger partial charge in [0.15, 0.2) is 0 Å². The van der Waals surface area contributed by atoms with Crippen LogP contribution in [-0.4, -0.2) is 73.0 Å². The summed E-state index contributed by atoms with van der Waals surface area (Å²) in [6.45, 7) is 0. The molecule has 4 bridgehead atoms. The van der Waals surface area contributed by atoms with Crippen LogP contribution in [0.2, 0.25) is 0 Å². The van der Waals surface area contributed by atoms with Crippen LogP contribution in [0.5, 0.6) is 0 Å². The van der Waals surface area contributed by atoms with Crippen molar-refractivity contribution in [3.8, 4) is 0 Å². The van der Waals surface area contributed by atoms with E-state index in [0.717, 1.165) is 33.5 Å². The van der Waals surface area contributed by atoms with E-state index in [0.29, 0.717) is 43.9 Å². The summed E-state index contributed by atoms with van der Waals surface area (Å²) in [4.78, 5) is 30.9. The van der Waals surface area contributed by atoms with Gasteiger partial charge in [-0.05, 0) is 105 Å². The van der Waals surface area contributed by atoms with Crippen LogP contribution in [0.3, 0.4) is 0 Å². The normalized spacial score (nSPS) is 24.4. The fourth-order valence-corrected chi connectivity index (χ4v) is 6.36. The zero-order valence-corrected chi connectivity index (χ0v) is 23.5. The maximum Gasteiger partial charge on any atom is 0.309 e. The van der Waals surface area contributed by atoms with Crippen molar-refractivity contribution in [2.24, 2.45) is 22.7 Å². The molecule has 10 N–H and O–H groups in total. The van der Waals surface area contributed by atoms with Crippen molar-refractivity contribution in [2.45, 2.75) is 57.8 Å². The zero-order valence-electron chi connectivity index (χ0n) is 22.5. The third-order valence-electron chi connectivity index (χ3n) is 7.40. The molecule has 2 aromatic rings. The minimum absolute atomic E-state index is 0. The number of aromatic nitrogens is 2. The van der Waals surface area contributed by atoms with E-state index in [1.165, 1.54) is 17.5 Å². The fourth-order valence-electron chi connectivity index (χ4n) is 6.36. The van der Waals surface area contributed by atoms with Gasteiger partial charge in [-0.2, -0.15) is 0 Å². The van der Waals surface area contributed by atoms with E-state index in [4.69, 9.17) is 10.2 Å². The van der Waals surface area contributed by atoms with Crippen LogP contribution in [0, 0.1) is 22.7 Å². The summed E-state index contributed by atoms with van der Waals surface area (Å²) < 4.78 is 0. The second kappa shape index (κ2) is 19.6. The van der Waals surface area contributed by atoms with Gasteiger partial charge in [-0.15, -0.1) is 0 Å². The van der Waals surface area contributed by atoms with Crippen LogP contribution in [0.15, 0.2) is 49.1 Å². The second-order valence-corrected chi connectivity index (χ2v) is 9.70. The summed E-state index contributed by atoms with van der Waals surface area (Å²) >= 11 is 0. The maximum atomic E-state index is 11.4. The molecule has 12 heteroatoms. The molecule has 0 unspecified atom stereocenters. The van der Waals surface area contributed by atoms with Crippen molar-refractivity contribution in [3.63, 3.8) is 0 Å². The monoisotopic (exact) mass is 599 g/mol. The Kier molecular flexibility index (Phi) is 20.6. The van der Waals surface area contributed by atoms with Gasteiger partial charge in [-0.1, -0.05) is 0 Å². The van der Waals surface area contributed by atoms with Gasteiger partial charge < -0.3 is 36.9 Å². The molecule has 0 amide bonds. The van der Waals surface area contributed by atoms with E-state index in [-0.39, 0.29) is 33.2 Å². The van der Waals surface area contributed by atoms with Gasteiger partial charge in [0, 0.05) is 55.8 Å². The fraction of sp³-hybridized carbons (Fsp3) is 0.556. The standard InChI is InChI=1S/C13H14N2.C12H16O4.2CH4O.Co.3H2O/c1(2-12-4-8-14-9-5-12)3-13-6-10-15-11-7-13;13-9(14)11-2-7-1-8(4-11)5-12(3-7,6-11)10(15)16;2*1-2;;;;/h4-11H,1-3H2;7-8H,1-6H2,(H,13,14)(H,15,16);2*2H,1H3;;3*1H2. The van der Waals surface area contributed by atoms with Crippen LogP contribution >= 0.6 is 0 Å². The first-order chi connectivity index (χ1) is 16.9. The van der Waals surface area contributed by atoms with Crippen molar-refractivity contribution in [1.82, 2.24) is 9.97 Å². The summed E-state index contributed by atoms with van der Waals surface area (Å²) in [6.07, 6.45) is 15.0. The van der Waals surface area contributed by atoms with Gasteiger partial charge in [0.25, 0.3) is 0 Å². The van der Waals surface area contributed by atoms with Gasteiger partial charge in [0.2, 0.25) is 0 Å². The van der Waals surface area contributed by atoms with Crippen LogP contribution in [-0.2, 0) is 39.2 Å². The molecule has 0 saturated heterocycles. The average Bonchev–Trinajstić information content (AvgIpc) is 2.87. The number of carbonyl (C=O) groups is 2. The number of hydrogen-bond donors (Lipinski definition) is 4. The molecule has 0 aliphatic heterocycles. The van der Waals surface area contributed by atoms with Gasteiger partial charge in [-0.3, -0.25) is 19.6 Å². The molecule has 4 saturated carbocycles.